The number of aryl methyl sites for hydroxylation is 2. The number of rotatable bonds is 3. The summed E-state index contributed by atoms with van der Waals surface area (Å²) in [5.74, 6) is 1.97. The lowest BCUT2D eigenvalue weighted by Gasteiger charge is -2.32. The summed E-state index contributed by atoms with van der Waals surface area (Å²) in [5.41, 5.74) is 2.25. The summed E-state index contributed by atoms with van der Waals surface area (Å²) in [6.45, 7) is 3.32. The van der Waals surface area contributed by atoms with Gasteiger partial charge in [-0.25, -0.2) is 15.0 Å². The van der Waals surface area contributed by atoms with Crippen LogP contribution in [0.15, 0.2) is 48.9 Å². The fourth-order valence-electron chi connectivity index (χ4n) is 3.72. The van der Waals surface area contributed by atoms with E-state index in [0.717, 1.165) is 30.8 Å². The molecule has 3 aromatic rings. The first-order valence-electron chi connectivity index (χ1n) is 9.29. The van der Waals surface area contributed by atoms with E-state index in [1.165, 1.54) is 0 Å². The van der Waals surface area contributed by atoms with Gasteiger partial charge in [-0.3, -0.25) is 4.79 Å². The second-order valence-electron chi connectivity index (χ2n) is 7.05. The van der Waals surface area contributed by atoms with E-state index >= 15 is 0 Å². The van der Waals surface area contributed by atoms with Crippen LogP contribution < -0.4 is 0 Å². The lowest BCUT2D eigenvalue weighted by atomic mass is 9.96. The maximum Gasteiger partial charge on any atom is 0.257 e. The van der Waals surface area contributed by atoms with Crippen LogP contribution in [0, 0.1) is 6.92 Å². The van der Waals surface area contributed by atoms with Crippen LogP contribution in [0.5, 0.6) is 0 Å². The Balaban J connectivity index is 1.55. The molecule has 1 aliphatic rings. The zero-order valence-corrected chi connectivity index (χ0v) is 15.7. The lowest BCUT2D eigenvalue weighted by Crippen LogP contribution is -2.40. The number of carbonyl (C=O) groups excluding carboxylic acids is 1. The molecule has 0 spiro atoms. The van der Waals surface area contributed by atoms with Gasteiger partial charge in [0.2, 0.25) is 0 Å². The van der Waals surface area contributed by atoms with Crippen molar-refractivity contribution in [2.75, 3.05) is 13.1 Å². The Morgan fingerprint density at radius 1 is 1.19 bits per heavy atom. The molecule has 4 rings (SSSR count). The number of hydrogen-bond acceptors (Lipinski definition) is 4. The Bertz CT molecular complexity index is 950. The van der Waals surface area contributed by atoms with Crippen molar-refractivity contribution in [1.82, 2.24) is 24.4 Å². The number of imidazole rings is 1. The van der Waals surface area contributed by atoms with Crippen LogP contribution in [-0.4, -0.2) is 43.4 Å². The molecular formula is C21H23N5O. The molecule has 0 N–H and O–H groups in total. The van der Waals surface area contributed by atoms with Crippen LogP contribution in [0.1, 0.15) is 40.6 Å². The fourth-order valence-corrected chi connectivity index (χ4v) is 3.72. The maximum atomic E-state index is 13.1. The van der Waals surface area contributed by atoms with Crippen LogP contribution in [0.25, 0.3) is 11.4 Å². The minimum absolute atomic E-state index is 0.00557. The molecule has 1 atom stereocenters. The first-order valence-corrected chi connectivity index (χ1v) is 9.29. The third-order valence-corrected chi connectivity index (χ3v) is 5.17. The van der Waals surface area contributed by atoms with E-state index in [2.05, 4.69) is 15.0 Å². The number of aromatic nitrogens is 4. The minimum Gasteiger partial charge on any atom is -0.338 e. The van der Waals surface area contributed by atoms with E-state index in [1.807, 2.05) is 66.2 Å². The van der Waals surface area contributed by atoms with Gasteiger partial charge in [0.1, 0.15) is 5.82 Å². The molecule has 27 heavy (non-hydrogen) atoms. The Labute approximate surface area is 158 Å². The summed E-state index contributed by atoms with van der Waals surface area (Å²) in [4.78, 5) is 28.5. The van der Waals surface area contributed by atoms with Crippen molar-refractivity contribution >= 4 is 5.91 Å². The van der Waals surface area contributed by atoms with Crippen molar-refractivity contribution in [2.45, 2.75) is 25.7 Å². The molecule has 0 aliphatic carbocycles. The zero-order valence-electron chi connectivity index (χ0n) is 15.7. The quantitative estimate of drug-likeness (QED) is 0.719. The van der Waals surface area contributed by atoms with Gasteiger partial charge in [0.25, 0.3) is 5.91 Å². The van der Waals surface area contributed by atoms with Gasteiger partial charge >= 0.3 is 0 Å². The Kier molecular flexibility index (Phi) is 4.71. The second-order valence-corrected chi connectivity index (χ2v) is 7.05. The number of carbonyl (C=O) groups is 1. The number of hydrogen-bond donors (Lipinski definition) is 0. The largest absolute Gasteiger partial charge is 0.338 e. The molecular weight excluding hydrogens is 338 g/mol. The number of amides is 1. The predicted octanol–water partition coefficient (Wildman–Crippen LogP) is 3.21. The molecule has 0 unspecified atom stereocenters. The molecule has 6 heteroatoms. The van der Waals surface area contributed by atoms with Crippen LogP contribution in [0.4, 0.5) is 0 Å². The summed E-state index contributed by atoms with van der Waals surface area (Å²) >= 11 is 0. The second kappa shape index (κ2) is 7.31. The molecule has 0 saturated carbocycles. The SMILES string of the molecule is Cc1nc(-c2ccccc2)ncc1C(=O)N1CCC[C@H](c2nccn2C)C1. The normalized spacial score (nSPS) is 17.1. The van der Waals surface area contributed by atoms with E-state index in [4.69, 9.17) is 0 Å². The summed E-state index contributed by atoms with van der Waals surface area (Å²) in [6, 6.07) is 9.82. The van der Waals surface area contributed by atoms with Crippen molar-refractivity contribution in [2.24, 2.45) is 7.05 Å². The number of benzene rings is 1. The highest BCUT2D eigenvalue weighted by molar-refractivity contribution is 5.95. The van der Waals surface area contributed by atoms with Crippen molar-refractivity contribution in [3.05, 3.63) is 66.0 Å². The van der Waals surface area contributed by atoms with Gasteiger partial charge in [-0.1, -0.05) is 30.3 Å². The summed E-state index contributed by atoms with van der Waals surface area (Å²) in [5, 5.41) is 0. The van der Waals surface area contributed by atoms with Crippen LogP contribution in [0.2, 0.25) is 0 Å². The van der Waals surface area contributed by atoms with E-state index < -0.39 is 0 Å². The van der Waals surface area contributed by atoms with Gasteiger partial charge in [-0.05, 0) is 19.8 Å². The van der Waals surface area contributed by atoms with Crippen molar-refractivity contribution < 1.29 is 4.79 Å². The molecule has 0 bridgehead atoms. The van der Waals surface area contributed by atoms with Gasteiger partial charge in [0.05, 0.1) is 11.3 Å². The molecule has 138 valence electrons. The minimum atomic E-state index is 0.00557. The van der Waals surface area contributed by atoms with Crippen molar-refractivity contribution in [3.63, 3.8) is 0 Å². The number of likely N-dealkylation sites (tertiary alicyclic amines) is 1. The van der Waals surface area contributed by atoms with Crippen molar-refractivity contribution in [1.29, 1.82) is 0 Å². The molecule has 3 heterocycles. The van der Waals surface area contributed by atoms with Crippen LogP contribution in [0.3, 0.4) is 0 Å². The van der Waals surface area contributed by atoms with E-state index in [9.17, 15) is 4.79 Å². The highest BCUT2D eigenvalue weighted by Gasteiger charge is 2.28. The molecule has 1 saturated heterocycles. The maximum absolute atomic E-state index is 13.1. The molecule has 1 fully saturated rings. The van der Waals surface area contributed by atoms with E-state index in [-0.39, 0.29) is 11.8 Å². The van der Waals surface area contributed by atoms with Crippen LogP contribution in [-0.2, 0) is 7.05 Å². The molecule has 2 aromatic heterocycles. The molecule has 1 amide bonds. The average molecular weight is 361 g/mol. The topological polar surface area (TPSA) is 63.9 Å². The van der Waals surface area contributed by atoms with Gasteiger partial charge in [0.15, 0.2) is 5.82 Å². The highest BCUT2D eigenvalue weighted by Crippen LogP contribution is 2.27. The Morgan fingerprint density at radius 2 is 2.00 bits per heavy atom. The third-order valence-electron chi connectivity index (χ3n) is 5.17. The average Bonchev–Trinajstić information content (AvgIpc) is 3.14. The molecule has 6 nitrogen and oxygen atoms in total. The summed E-state index contributed by atoms with van der Waals surface area (Å²) in [6.07, 6.45) is 7.46. The summed E-state index contributed by atoms with van der Waals surface area (Å²) in [7, 11) is 2.00. The van der Waals surface area contributed by atoms with Gasteiger partial charge in [0, 0.05) is 50.2 Å². The first-order chi connectivity index (χ1) is 13.1. The zero-order chi connectivity index (χ0) is 18.8. The fraction of sp³-hybridized carbons (Fsp3) is 0.333. The van der Waals surface area contributed by atoms with E-state index in [1.54, 1.807) is 6.20 Å². The predicted molar refractivity (Wildman–Crippen MR) is 103 cm³/mol. The van der Waals surface area contributed by atoms with E-state index in [0.29, 0.717) is 23.6 Å². The molecule has 1 aliphatic heterocycles. The Morgan fingerprint density at radius 3 is 2.70 bits per heavy atom. The van der Waals surface area contributed by atoms with Gasteiger partial charge in [-0.15, -0.1) is 0 Å². The molecule has 1 aromatic carbocycles. The number of nitrogens with zero attached hydrogens (tertiary/aromatic N) is 5. The lowest BCUT2D eigenvalue weighted by molar-refractivity contribution is 0.0702. The third kappa shape index (κ3) is 3.47. The van der Waals surface area contributed by atoms with Crippen molar-refractivity contribution in [3.8, 4) is 11.4 Å². The standard InChI is InChI=1S/C21H23N5O/c1-15-18(13-23-19(24-15)16-7-4-3-5-8-16)21(27)26-11-6-9-17(14-26)20-22-10-12-25(20)2/h3-5,7-8,10,12-13,17H,6,9,11,14H2,1-2H3/t17-/m0/s1. The smallest absolute Gasteiger partial charge is 0.257 e. The monoisotopic (exact) mass is 361 g/mol. The molecule has 0 radical (unpaired) electrons. The number of piperidine rings is 1. The highest BCUT2D eigenvalue weighted by atomic mass is 16.2. The van der Waals surface area contributed by atoms with Crippen LogP contribution >= 0.6 is 0 Å². The Hall–Kier alpha value is -3.02. The van der Waals surface area contributed by atoms with Gasteiger partial charge in [-0.2, -0.15) is 0 Å². The van der Waals surface area contributed by atoms with Gasteiger partial charge < -0.3 is 9.47 Å². The summed E-state index contributed by atoms with van der Waals surface area (Å²) < 4.78 is 2.04. The first kappa shape index (κ1) is 17.4.